The van der Waals surface area contributed by atoms with E-state index in [4.69, 9.17) is 41.2 Å². The third-order valence-electron chi connectivity index (χ3n) is 2.69. The molecule has 0 atom stereocenters. The van der Waals surface area contributed by atoms with Crippen LogP contribution in [0, 0.1) is 0 Å². The van der Waals surface area contributed by atoms with Crippen LogP contribution >= 0.6 is 51.3 Å². The van der Waals surface area contributed by atoms with Crippen LogP contribution in [0.4, 0.5) is 5.69 Å². The molecule has 0 saturated carbocycles. The number of benzene rings is 2. The summed E-state index contributed by atoms with van der Waals surface area (Å²) in [6, 6.07) is 10.1. The van der Waals surface area contributed by atoms with Gasteiger partial charge in [-0.15, -0.1) is 0 Å². The van der Waals surface area contributed by atoms with Crippen molar-refractivity contribution in [1.82, 2.24) is 0 Å². The number of nitrogens with one attached hydrogen (secondary N) is 1. The van der Waals surface area contributed by atoms with Crippen LogP contribution in [0.1, 0.15) is 15.9 Å². The fraction of sp³-hybridized carbons (Fsp3) is 0. The number of thiocarbonyl (C=S) groups is 1. The molecule has 3 nitrogen and oxygen atoms in total. The Bertz CT molecular complexity index is 737. The second-order valence-corrected chi connectivity index (χ2v) is 6.25. The predicted molar refractivity (Wildman–Crippen MR) is 94.4 cm³/mol. The summed E-state index contributed by atoms with van der Waals surface area (Å²) < 4.78 is 0.809. The zero-order valence-corrected chi connectivity index (χ0v) is 14.4. The van der Waals surface area contributed by atoms with Gasteiger partial charge in [0.05, 0.1) is 21.3 Å². The van der Waals surface area contributed by atoms with Crippen molar-refractivity contribution < 1.29 is 4.79 Å². The molecule has 0 radical (unpaired) electrons. The topological polar surface area (TPSA) is 55.1 Å². The number of amides is 1. The smallest absolute Gasteiger partial charge is 0.257 e. The molecule has 2 aromatic carbocycles. The van der Waals surface area contributed by atoms with Crippen LogP contribution in [0.25, 0.3) is 0 Å². The summed E-state index contributed by atoms with van der Waals surface area (Å²) in [7, 11) is 0. The van der Waals surface area contributed by atoms with Crippen LogP contribution in [0.5, 0.6) is 0 Å². The third kappa shape index (κ3) is 3.74. The van der Waals surface area contributed by atoms with Gasteiger partial charge < -0.3 is 11.1 Å². The van der Waals surface area contributed by atoms with E-state index in [1.54, 1.807) is 36.4 Å². The van der Waals surface area contributed by atoms with E-state index in [0.29, 0.717) is 16.3 Å². The lowest BCUT2D eigenvalue weighted by Gasteiger charge is -2.12. The van der Waals surface area contributed by atoms with Crippen LogP contribution in [0.2, 0.25) is 10.0 Å². The highest BCUT2D eigenvalue weighted by atomic mass is 79.9. The van der Waals surface area contributed by atoms with E-state index in [1.165, 1.54) is 0 Å². The Morgan fingerprint density at radius 3 is 2.57 bits per heavy atom. The Morgan fingerprint density at radius 2 is 1.90 bits per heavy atom. The zero-order valence-electron chi connectivity index (χ0n) is 10.5. The van der Waals surface area contributed by atoms with E-state index in [-0.39, 0.29) is 21.5 Å². The van der Waals surface area contributed by atoms with E-state index in [9.17, 15) is 4.79 Å². The van der Waals surface area contributed by atoms with E-state index in [0.717, 1.165) is 4.47 Å². The molecule has 0 aliphatic heterocycles. The molecule has 0 heterocycles. The number of nitrogens with two attached hydrogens (primary N) is 1. The van der Waals surface area contributed by atoms with Crippen molar-refractivity contribution in [2.24, 2.45) is 5.73 Å². The third-order valence-corrected chi connectivity index (χ3v) is 4.22. The van der Waals surface area contributed by atoms with E-state index in [2.05, 4.69) is 21.2 Å². The average Bonchev–Trinajstić information content (AvgIpc) is 2.43. The molecule has 3 N–H and O–H groups in total. The van der Waals surface area contributed by atoms with Crippen LogP contribution < -0.4 is 11.1 Å². The molecule has 21 heavy (non-hydrogen) atoms. The largest absolute Gasteiger partial charge is 0.389 e. The second kappa shape index (κ2) is 6.75. The summed E-state index contributed by atoms with van der Waals surface area (Å²) in [4.78, 5) is 12.5. The maximum Gasteiger partial charge on any atom is 0.257 e. The maximum atomic E-state index is 12.3. The van der Waals surface area contributed by atoms with Crippen LogP contribution in [-0.2, 0) is 0 Å². The molecule has 0 spiro atoms. The molecule has 0 saturated heterocycles. The predicted octanol–water partition coefficient (Wildman–Crippen LogP) is 4.64. The number of carbonyl (C=O) groups excluding carboxylic acids is 1. The Hall–Kier alpha value is -1.14. The number of halogens is 3. The molecule has 108 valence electrons. The fourth-order valence-corrected chi connectivity index (χ4v) is 2.61. The molecule has 0 aliphatic rings. The Morgan fingerprint density at radius 1 is 1.19 bits per heavy atom. The van der Waals surface area contributed by atoms with Gasteiger partial charge in [0.2, 0.25) is 0 Å². The van der Waals surface area contributed by atoms with Gasteiger partial charge in [0.25, 0.3) is 5.91 Å². The Kier molecular flexibility index (Phi) is 5.22. The highest BCUT2D eigenvalue weighted by molar-refractivity contribution is 9.10. The van der Waals surface area contributed by atoms with E-state index >= 15 is 0 Å². The lowest BCUT2D eigenvalue weighted by molar-refractivity contribution is 0.102. The molecule has 0 bridgehead atoms. The van der Waals surface area contributed by atoms with Crippen LogP contribution in [-0.4, -0.2) is 10.9 Å². The van der Waals surface area contributed by atoms with E-state index in [1.807, 2.05) is 0 Å². The molecule has 2 rings (SSSR count). The lowest BCUT2D eigenvalue weighted by Crippen LogP contribution is -2.18. The number of hydrogen-bond donors (Lipinski definition) is 2. The zero-order chi connectivity index (χ0) is 15.6. The number of rotatable bonds is 3. The lowest BCUT2D eigenvalue weighted by atomic mass is 10.1. The molecule has 1 amide bonds. The Labute approximate surface area is 145 Å². The Balaban J connectivity index is 2.36. The number of anilines is 1. The van der Waals surface area contributed by atoms with Crippen molar-refractivity contribution in [1.29, 1.82) is 0 Å². The van der Waals surface area contributed by atoms with Gasteiger partial charge in [0, 0.05) is 10.0 Å². The molecule has 0 aromatic heterocycles. The monoisotopic (exact) mass is 402 g/mol. The van der Waals surface area contributed by atoms with Gasteiger partial charge in [-0.2, -0.15) is 0 Å². The van der Waals surface area contributed by atoms with Gasteiger partial charge in [-0.05, 0) is 30.3 Å². The molecular formula is C14H9BrCl2N2OS. The van der Waals surface area contributed by atoms with Crippen LogP contribution in [0.3, 0.4) is 0 Å². The van der Waals surface area contributed by atoms with Crippen molar-refractivity contribution >= 4 is 67.9 Å². The first-order valence-electron chi connectivity index (χ1n) is 5.75. The van der Waals surface area contributed by atoms with Crippen molar-refractivity contribution in [3.8, 4) is 0 Å². The molecule has 0 aliphatic carbocycles. The highest BCUT2D eigenvalue weighted by Gasteiger charge is 2.15. The summed E-state index contributed by atoms with van der Waals surface area (Å²) in [5.41, 5.74) is 7.01. The quantitative estimate of drug-likeness (QED) is 0.733. The minimum atomic E-state index is -0.387. The van der Waals surface area contributed by atoms with Gasteiger partial charge in [-0.25, -0.2) is 0 Å². The van der Waals surface area contributed by atoms with E-state index < -0.39 is 0 Å². The number of carbonyl (C=O) groups is 1. The molecule has 0 unspecified atom stereocenters. The first kappa shape index (κ1) is 16.2. The normalized spacial score (nSPS) is 10.2. The van der Waals surface area contributed by atoms with Gasteiger partial charge in [-0.3, -0.25) is 4.79 Å². The van der Waals surface area contributed by atoms with Crippen molar-refractivity contribution in [2.75, 3.05) is 5.32 Å². The average molecular weight is 404 g/mol. The standard InChI is InChI=1S/C14H9BrCl2N2OS/c15-7-4-5-11(9(6-7)13(18)21)19-14(20)8-2-1-3-10(16)12(8)17/h1-6H,(H2,18,21)(H,19,20). The van der Waals surface area contributed by atoms with Crippen molar-refractivity contribution in [3.05, 3.63) is 62.0 Å². The van der Waals surface area contributed by atoms with Gasteiger partial charge in [0.1, 0.15) is 4.99 Å². The molecule has 2 aromatic rings. The fourth-order valence-electron chi connectivity index (χ4n) is 1.70. The SMILES string of the molecule is NC(=S)c1cc(Br)ccc1NC(=O)c1cccc(Cl)c1Cl. The molecular weight excluding hydrogens is 395 g/mol. The first-order valence-corrected chi connectivity index (χ1v) is 7.70. The van der Waals surface area contributed by atoms with Gasteiger partial charge in [-0.1, -0.05) is 57.4 Å². The van der Waals surface area contributed by atoms with Crippen molar-refractivity contribution in [3.63, 3.8) is 0 Å². The molecule has 0 fully saturated rings. The van der Waals surface area contributed by atoms with Crippen LogP contribution in [0.15, 0.2) is 40.9 Å². The summed E-state index contributed by atoms with van der Waals surface area (Å²) in [6.45, 7) is 0. The summed E-state index contributed by atoms with van der Waals surface area (Å²) in [6.07, 6.45) is 0. The van der Waals surface area contributed by atoms with Gasteiger partial charge >= 0.3 is 0 Å². The van der Waals surface area contributed by atoms with Gasteiger partial charge in [0.15, 0.2) is 0 Å². The number of hydrogen-bond acceptors (Lipinski definition) is 2. The van der Waals surface area contributed by atoms with Crippen molar-refractivity contribution in [2.45, 2.75) is 0 Å². The summed E-state index contributed by atoms with van der Waals surface area (Å²) in [5, 5.41) is 3.25. The summed E-state index contributed by atoms with van der Waals surface area (Å²) in [5.74, 6) is -0.387. The highest BCUT2D eigenvalue weighted by Crippen LogP contribution is 2.27. The second-order valence-electron chi connectivity index (χ2n) is 4.11. The summed E-state index contributed by atoms with van der Waals surface area (Å²) >= 11 is 20.2. The minimum absolute atomic E-state index is 0.184. The maximum absolute atomic E-state index is 12.3. The minimum Gasteiger partial charge on any atom is -0.389 e. The first-order chi connectivity index (χ1) is 9.90. The molecule has 7 heteroatoms.